The largest absolute Gasteiger partial charge is 0.456 e. The smallest absolute Gasteiger partial charge is 0.143 e. The van der Waals surface area contributed by atoms with Gasteiger partial charge >= 0.3 is 0 Å². The summed E-state index contributed by atoms with van der Waals surface area (Å²) >= 11 is 0. The van der Waals surface area contributed by atoms with Gasteiger partial charge in [-0.1, -0.05) is 158 Å². The maximum absolute atomic E-state index is 6.71. The molecule has 0 saturated carbocycles. The summed E-state index contributed by atoms with van der Waals surface area (Å²) in [5, 5.41) is 4.52. The van der Waals surface area contributed by atoms with Crippen LogP contribution in [0.4, 0.5) is 0 Å². The van der Waals surface area contributed by atoms with Crippen molar-refractivity contribution in [1.29, 1.82) is 0 Å². The molecule has 9 aromatic carbocycles. The maximum Gasteiger partial charge on any atom is 0.143 e. The van der Waals surface area contributed by atoms with E-state index in [1.165, 1.54) is 44.5 Å². The number of ether oxygens (including phenoxy) is 1. The highest BCUT2D eigenvalue weighted by Gasteiger charge is 2.46. The zero-order chi connectivity index (χ0) is 36.1. The number of fused-ring (bicyclic) bond motifs is 8. The van der Waals surface area contributed by atoms with Gasteiger partial charge in [0.15, 0.2) is 0 Å². The quantitative estimate of drug-likeness (QED) is 0.182. The van der Waals surface area contributed by atoms with E-state index < -0.39 is 5.41 Å². The van der Waals surface area contributed by atoms with Crippen LogP contribution in [-0.4, -0.2) is 0 Å². The zero-order valence-electron chi connectivity index (χ0n) is 29.8. The van der Waals surface area contributed by atoms with Crippen molar-refractivity contribution >= 4 is 32.7 Å². The fraction of sp³-hybridized carbons (Fsp3) is 0.0189. The van der Waals surface area contributed by atoms with E-state index in [1.807, 2.05) is 12.1 Å². The molecule has 55 heavy (non-hydrogen) atoms. The van der Waals surface area contributed by atoms with Gasteiger partial charge in [0.1, 0.15) is 22.7 Å². The lowest BCUT2D eigenvalue weighted by atomic mass is 9.67. The fourth-order valence-electron chi connectivity index (χ4n) is 9.63. The van der Waals surface area contributed by atoms with Crippen LogP contribution in [-0.2, 0) is 5.41 Å². The van der Waals surface area contributed by atoms with Gasteiger partial charge in [0.25, 0.3) is 0 Å². The zero-order valence-corrected chi connectivity index (χ0v) is 29.8. The Morgan fingerprint density at radius 3 is 1.78 bits per heavy atom. The van der Waals surface area contributed by atoms with E-state index in [0.717, 1.165) is 66.5 Å². The first-order valence-corrected chi connectivity index (χ1v) is 18.9. The van der Waals surface area contributed by atoms with Crippen LogP contribution in [0.25, 0.3) is 77.2 Å². The highest BCUT2D eigenvalue weighted by Crippen LogP contribution is 2.57. The molecule has 2 heterocycles. The number of furan rings is 1. The summed E-state index contributed by atoms with van der Waals surface area (Å²) in [5.74, 6) is 1.74. The van der Waals surface area contributed by atoms with E-state index >= 15 is 0 Å². The Morgan fingerprint density at radius 2 is 0.945 bits per heavy atom. The summed E-state index contributed by atoms with van der Waals surface area (Å²) < 4.78 is 13.2. The topological polar surface area (TPSA) is 22.4 Å². The summed E-state index contributed by atoms with van der Waals surface area (Å²) in [5.41, 5.74) is 15.9. The molecule has 12 rings (SSSR count). The summed E-state index contributed by atoms with van der Waals surface area (Å²) in [7, 11) is 0. The van der Waals surface area contributed by atoms with Gasteiger partial charge in [-0.15, -0.1) is 0 Å². The molecule has 1 aliphatic heterocycles. The third-order valence-electron chi connectivity index (χ3n) is 12.0. The molecule has 2 nitrogen and oxygen atoms in total. The van der Waals surface area contributed by atoms with Crippen molar-refractivity contribution in [3.8, 4) is 56.0 Å². The van der Waals surface area contributed by atoms with Crippen LogP contribution in [0.2, 0.25) is 0 Å². The third kappa shape index (κ3) is 4.19. The van der Waals surface area contributed by atoms with Gasteiger partial charge in [-0.2, -0.15) is 0 Å². The minimum absolute atomic E-state index is 0.453. The van der Waals surface area contributed by atoms with Crippen molar-refractivity contribution in [2.75, 3.05) is 0 Å². The monoisotopic (exact) mass is 700 g/mol. The fourth-order valence-corrected chi connectivity index (χ4v) is 9.63. The molecule has 0 atom stereocenters. The van der Waals surface area contributed by atoms with Crippen molar-refractivity contribution < 1.29 is 9.15 Å². The molecule has 0 fully saturated rings. The Kier molecular flexibility index (Phi) is 6.29. The molecule has 0 radical (unpaired) electrons. The first-order valence-electron chi connectivity index (χ1n) is 18.9. The molecular formula is C53H32O2. The molecule has 256 valence electrons. The molecule has 0 spiro atoms. The lowest BCUT2D eigenvalue weighted by Gasteiger charge is -2.34. The van der Waals surface area contributed by atoms with Crippen LogP contribution < -0.4 is 4.74 Å². The SMILES string of the molecule is c1ccc(C2(c3ccccc3)c3ccccc3-c3ccc(-c4ccc5c(c4)-c4cccc6c(-c7cccc8c7oc7ccccc78)ccc(c46)O5)cc32)cc1. The van der Waals surface area contributed by atoms with E-state index in [9.17, 15) is 0 Å². The second-order valence-electron chi connectivity index (χ2n) is 14.7. The van der Waals surface area contributed by atoms with Crippen LogP contribution in [0, 0.1) is 0 Å². The van der Waals surface area contributed by atoms with Crippen molar-refractivity contribution in [1.82, 2.24) is 0 Å². The maximum atomic E-state index is 6.71. The summed E-state index contributed by atoms with van der Waals surface area (Å²) in [4.78, 5) is 0. The summed E-state index contributed by atoms with van der Waals surface area (Å²) in [6.07, 6.45) is 0. The Balaban J connectivity index is 1.04. The van der Waals surface area contributed by atoms with E-state index in [4.69, 9.17) is 9.15 Å². The average molecular weight is 701 g/mol. The Hall–Kier alpha value is -7.16. The van der Waals surface area contributed by atoms with Crippen molar-refractivity contribution in [3.05, 3.63) is 216 Å². The van der Waals surface area contributed by atoms with E-state index in [1.54, 1.807) is 0 Å². The minimum Gasteiger partial charge on any atom is -0.456 e. The predicted octanol–water partition coefficient (Wildman–Crippen LogP) is 14.2. The standard InChI is InChI=1S/C53H32O2/c1-3-13-35(14-4-1)53(36-15-5-2-6-16-36)46-23-9-7-17-38(46)39-27-25-34(32-47(39)53)33-26-29-49-45(31-33)42-20-11-19-41-37(28-30-50(54-49)51(41)42)43-21-12-22-44-40-18-8-10-24-48(40)55-52(43)44/h1-32H. The van der Waals surface area contributed by atoms with Crippen molar-refractivity contribution in [3.63, 3.8) is 0 Å². The second kappa shape index (κ2) is 11.4. The molecule has 1 aliphatic carbocycles. The average Bonchev–Trinajstić information content (AvgIpc) is 3.78. The third-order valence-corrected chi connectivity index (χ3v) is 12.0. The number of hydrogen-bond donors (Lipinski definition) is 0. The van der Waals surface area contributed by atoms with Crippen LogP contribution in [0.1, 0.15) is 22.3 Å². The second-order valence-corrected chi connectivity index (χ2v) is 14.7. The van der Waals surface area contributed by atoms with Gasteiger partial charge in [-0.05, 0) is 97.4 Å². The van der Waals surface area contributed by atoms with Crippen LogP contribution >= 0.6 is 0 Å². The first-order chi connectivity index (χ1) is 27.3. The Bertz CT molecular complexity index is 3130. The van der Waals surface area contributed by atoms with Crippen LogP contribution in [0.5, 0.6) is 11.5 Å². The molecule has 0 saturated heterocycles. The van der Waals surface area contributed by atoms with E-state index in [0.29, 0.717) is 0 Å². The first kappa shape index (κ1) is 30.3. The van der Waals surface area contributed by atoms with Crippen molar-refractivity contribution in [2.24, 2.45) is 0 Å². The van der Waals surface area contributed by atoms with E-state index in [2.05, 4.69) is 182 Å². The van der Waals surface area contributed by atoms with Crippen LogP contribution in [0.15, 0.2) is 199 Å². The number of hydrogen-bond acceptors (Lipinski definition) is 2. The molecule has 0 unspecified atom stereocenters. The summed E-state index contributed by atoms with van der Waals surface area (Å²) in [6, 6.07) is 70.2. The molecule has 2 heteroatoms. The van der Waals surface area contributed by atoms with Crippen molar-refractivity contribution in [2.45, 2.75) is 5.41 Å². The highest BCUT2D eigenvalue weighted by atomic mass is 16.5. The molecule has 2 aliphatic rings. The Morgan fingerprint density at radius 1 is 0.345 bits per heavy atom. The van der Waals surface area contributed by atoms with Gasteiger partial charge < -0.3 is 9.15 Å². The van der Waals surface area contributed by atoms with E-state index in [-0.39, 0.29) is 0 Å². The molecule has 1 aromatic heterocycles. The van der Waals surface area contributed by atoms with Gasteiger partial charge in [0, 0.05) is 27.3 Å². The van der Waals surface area contributed by atoms with Crippen LogP contribution in [0.3, 0.4) is 0 Å². The minimum atomic E-state index is -0.453. The lowest BCUT2D eigenvalue weighted by molar-refractivity contribution is 0.487. The number of benzene rings is 9. The Labute approximate surface area is 318 Å². The molecule has 0 N–H and O–H groups in total. The van der Waals surface area contributed by atoms with Gasteiger partial charge in [0.05, 0.1) is 5.41 Å². The molecular weight excluding hydrogens is 669 g/mol. The summed E-state index contributed by atoms with van der Waals surface area (Å²) in [6.45, 7) is 0. The van der Waals surface area contributed by atoms with Gasteiger partial charge in [-0.25, -0.2) is 0 Å². The molecule has 0 amide bonds. The molecule has 0 bridgehead atoms. The molecule has 10 aromatic rings. The predicted molar refractivity (Wildman–Crippen MR) is 225 cm³/mol. The van der Waals surface area contributed by atoms with Gasteiger partial charge in [0.2, 0.25) is 0 Å². The number of rotatable bonds is 4. The van der Waals surface area contributed by atoms with Gasteiger partial charge in [-0.3, -0.25) is 0 Å². The highest BCUT2D eigenvalue weighted by molar-refractivity contribution is 6.15. The normalized spacial score (nSPS) is 13.4. The lowest BCUT2D eigenvalue weighted by Crippen LogP contribution is -2.28. The number of para-hydroxylation sites is 2.